The average Bonchev–Trinajstić information content (AvgIpc) is 3.30. The summed E-state index contributed by atoms with van der Waals surface area (Å²) in [7, 11) is 0. The van der Waals surface area contributed by atoms with Crippen LogP contribution in [-0.4, -0.2) is 25.9 Å². The molecule has 0 saturated carbocycles. The van der Waals surface area contributed by atoms with Crippen molar-refractivity contribution in [3.8, 4) is 5.69 Å². The molecule has 0 atom stereocenters. The third kappa shape index (κ3) is 4.59. The molecule has 3 rings (SSSR count). The first-order valence-electron chi connectivity index (χ1n) is 8.80. The number of rotatable bonds is 6. The summed E-state index contributed by atoms with van der Waals surface area (Å²) in [6.45, 7) is 4.02. The van der Waals surface area contributed by atoms with E-state index < -0.39 is 23.3 Å². The number of anilines is 1. The minimum atomic E-state index is -4.81. The van der Waals surface area contributed by atoms with Crippen molar-refractivity contribution in [2.45, 2.75) is 38.8 Å². The van der Waals surface area contributed by atoms with Gasteiger partial charge in [0, 0.05) is 10.9 Å². The quantitative estimate of drug-likeness (QED) is 0.542. The van der Waals surface area contributed by atoms with Crippen LogP contribution in [0.3, 0.4) is 0 Å². The molecule has 6 nitrogen and oxygen atoms in total. The number of hydrogen-bond donors (Lipinski definition) is 1. The van der Waals surface area contributed by atoms with E-state index in [1.165, 1.54) is 24.3 Å². The van der Waals surface area contributed by atoms with Crippen molar-refractivity contribution in [2.75, 3.05) is 5.32 Å². The van der Waals surface area contributed by atoms with Crippen LogP contribution in [0.2, 0.25) is 5.02 Å². The molecule has 0 bridgehead atoms. The Morgan fingerprint density at radius 1 is 1.28 bits per heavy atom. The molecule has 1 amide bonds. The van der Waals surface area contributed by atoms with E-state index in [1.807, 2.05) is 13.8 Å². The normalized spacial score (nSPS) is 11.8. The molecule has 0 aliphatic rings. The Labute approximate surface area is 173 Å². The smallest absolute Gasteiger partial charge is 0.296 e. The number of hydrogen-bond acceptors (Lipinski definition) is 5. The SMILES string of the molecule is CCC(CC)c1nnc(NC(=O)c2cnn(-c3cccc(Cl)c3)c2C(F)(F)F)s1. The monoisotopic (exact) mass is 443 g/mol. The zero-order valence-corrected chi connectivity index (χ0v) is 17.1. The first-order valence-corrected chi connectivity index (χ1v) is 9.99. The van der Waals surface area contributed by atoms with Gasteiger partial charge in [0.15, 0.2) is 5.69 Å². The highest BCUT2D eigenvalue weighted by atomic mass is 35.5. The second-order valence-electron chi connectivity index (χ2n) is 6.21. The van der Waals surface area contributed by atoms with Crippen LogP contribution >= 0.6 is 22.9 Å². The van der Waals surface area contributed by atoms with Gasteiger partial charge >= 0.3 is 6.18 Å². The number of carbonyl (C=O) groups excluding carboxylic acids is 1. The summed E-state index contributed by atoms with van der Waals surface area (Å²) in [5.74, 6) is -0.771. The van der Waals surface area contributed by atoms with Crippen molar-refractivity contribution in [3.63, 3.8) is 0 Å². The van der Waals surface area contributed by atoms with Crippen LogP contribution in [0.1, 0.15) is 53.7 Å². The van der Waals surface area contributed by atoms with Gasteiger partial charge in [-0.1, -0.05) is 42.9 Å². The molecule has 0 fully saturated rings. The van der Waals surface area contributed by atoms with Gasteiger partial charge < -0.3 is 0 Å². The topological polar surface area (TPSA) is 72.7 Å². The minimum Gasteiger partial charge on any atom is -0.296 e. The van der Waals surface area contributed by atoms with Gasteiger partial charge in [0.2, 0.25) is 5.13 Å². The van der Waals surface area contributed by atoms with Crippen LogP contribution in [0.5, 0.6) is 0 Å². The number of halogens is 4. The van der Waals surface area contributed by atoms with Gasteiger partial charge in [-0.25, -0.2) is 4.68 Å². The summed E-state index contributed by atoms with van der Waals surface area (Å²) in [5.41, 5.74) is -1.71. The van der Waals surface area contributed by atoms with E-state index in [1.54, 1.807) is 0 Å². The fourth-order valence-electron chi connectivity index (χ4n) is 2.84. The first-order chi connectivity index (χ1) is 13.7. The van der Waals surface area contributed by atoms with Crippen molar-refractivity contribution < 1.29 is 18.0 Å². The molecule has 1 aromatic carbocycles. The van der Waals surface area contributed by atoms with Crippen LogP contribution < -0.4 is 5.32 Å². The van der Waals surface area contributed by atoms with Gasteiger partial charge in [-0.05, 0) is 31.0 Å². The number of nitrogens with zero attached hydrogens (tertiary/aromatic N) is 4. The van der Waals surface area contributed by atoms with Gasteiger partial charge in [0.1, 0.15) is 5.01 Å². The third-order valence-corrected chi connectivity index (χ3v) is 5.57. The number of aromatic nitrogens is 4. The van der Waals surface area contributed by atoms with Crippen LogP contribution in [0.15, 0.2) is 30.5 Å². The van der Waals surface area contributed by atoms with Crippen molar-refractivity contribution in [3.05, 3.63) is 51.7 Å². The second-order valence-corrected chi connectivity index (χ2v) is 7.65. The first kappa shape index (κ1) is 21.3. The molecule has 2 heterocycles. The molecular formula is C18H17ClF3N5OS. The van der Waals surface area contributed by atoms with E-state index >= 15 is 0 Å². The molecule has 11 heteroatoms. The van der Waals surface area contributed by atoms with E-state index in [0.717, 1.165) is 35.4 Å². The zero-order chi connectivity index (χ0) is 21.2. The minimum absolute atomic E-state index is 0.0933. The molecule has 0 saturated heterocycles. The number of amides is 1. The Morgan fingerprint density at radius 2 is 2.00 bits per heavy atom. The predicted molar refractivity (Wildman–Crippen MR) is 105 cm³/mol. The molecule has 1 N–H and O–H groups in total. The Balaban J connectivity index is 1.93. The summed E-state index contributed by atoms with van der Waals surface area (Å²) in [6.07, 6.45) is -2.23. The standard InChI is InChI=1S/C18H17ClF3N5OS/c1-3-10(4-2)16-25-26-17(29-16)24-15(28)13-9-23-27(14(13)18(20,21)22)12-7-5-6-11(19)8-12/h5-10H,3-4H2,1-2H3,(H,24,26,28). The molecule has 3 aromatic rings. The Bertz CT molecular complexity index is 1010. The Kier molecular flexibility index (Phi) is 6.23. The summed E-state index contributed by atoms with van der Waals surface area (Å²) in [6, 6.07) is 5.78. The maximum absolute atomic E-state index is 13.7. The lowest BCUT2D eigenvalue weighted by molar-refractivity contribution is -0.143. The number of carbonyl (C=O) groups is 1. The lowest BCUT2D eigenvalue weighted by Crippen LogP contribution is -2.20. The van der Waals surface area contributed by atoms with Gasteiger partial charge in [0.25, 0.3) is 5.91 Å². The molecule has 154 valence electrons. The highest BCUT2D eigenvalue weighted by molar-refractivity contribution is 7.15. The maximum atomic E-state index is 13.7. The highest BCUT2D eigenvalue weighted by Gasteiger charge is 2.40. The van der Waals surface area contributed by atoms with E-state index in [0.29, 0.717) is 4.68 Å². The molecule has 0 unspecified atom stereocenters. The highest BCUT2D eigenvalue weighted by Crippen LogP contribution is 2.35. The summed E-state index contributed by atoms with van der Waals surface area (Å²) in [4.78, 5) is 12.6. The van der Waals surface area contributed by atoms with Crippen LogP contribution in [0.4, 0.5) is 18.3 Å². The molecular weight excluding hydrogens is 427 g/mol. The van der Waals surface area contributed by atoms with E-state index in [4.69, 9.17) is 11.6 Å². The fraction of sp³-hybridized carbons (Fsp3) is 0.333. The van der Waals surface area contributed by atoms with Crippen LogP contribution in [0.25, 0.3) is 5.69 Å². The van der Waals surface area contributed by atoms with Gasteiger partial charge in [-0.15, -0.1) is 10.2 Å². The van der Waals surface area contributed by atoms with Crippen molar-refractivity contribution >= 4 is 34.0 Å². The molecule has 29 heavy (non-hydrogen) atoms. The van der Waals surface area contributed by atoms with E-state index in [9.17, 15) is 18.0 Å². The third-order valence-electron chi connectivity index (χ3n) is 4.33. The average molecular weight is 444 g/mol. The predicted octanol–water partition coefficient (Wildman–Crippen LogP) is 5.55. The molecule has 0 spiro atoms. The maximum Gasteiger partial charge on any atom is 0.434 e. The second kappa shape index (κ2) is 8.50. The molecule has 0 radical (unpaired) electrons. The van der Waals surface area contributed by atoms with Gasteiger partial charge in [0.05, 0.1) is 17.4 Å². The Hall–Kier alpha value is -2.46. The summed E-state index contributed by atoms with van der Waals surface area (Å²) in [5, 5.41) is 15.2. The fourth-order valence-corrected chi connectivity index (χ4v) is 4.03. The summed E-state index contributed by atoms with van der Waals surface area (Å²) >= 11 is 7.03. The Morgan fingerprint density at radius 3 is 2.62 bits per heavy atom. The van der Waals surface area contributed by atoms with Gasteiger partial charge in [-0.3, -0.25) is 10.1 Å². The van der Waals surface area contributed by atoms with Crippen LogP contribution in [0, 0.1) is 0 Å². The lowest BCUT2D eigenvalue weighted by Gasteiger charge is -2.12. The lowest BCUT2D eigenvalue weighted by atomic mass is 10.1. The number of alkyl halides is 3. The summed E-state index contributed by atoms with van der Waals surface area (Å²) < 4.78 is 41.8. The van der Waals surface area contributed by atoms with E-state index in [2.05, 4.69) is 20.6 Å². The largest absolute Gasteiger partial charge is 0.434 e. The van der Waals surface area contributed by atoms with Crippen LogP contribution in [-0.2, 0) is 6.18 Å². The molecule has 2 aromatic heterocycles. The molecule has 0 aliphatic carbocycles. The zero-order valence-electron chi connectivity index (χ0n) is 15.5. The van der Waals surface area contributed by atoms with Gasteiger partial charge in [-0.2, -0.15) is 18.3 Å². The number of benzene rings is 1. The van der Waals surface area contributed by atoms with Crippen molar-refractivity contribution in [1.29, 1.82) is 0 Å². The van der Waals surface area contributed by atoms with E-state index in [-0.39, 0.29) is 21.8 Å². The van der Waals surface area contributed by atoms with Crippen molar-refractivity contribution in [1.82, 2.24) is 20.0 Å². The van der Waals surface area contributed by atoms with Crippen molar-refractivity contribution in [2.24, 2.45) is 0 Å². The number of nitrogens with one attached hydrogen (secondary N) is 1. The molecule has 0 aliphatic heterocycles.